The van der Waals surface area contributed by atoms with Gasteiger partial charge < -0.3 is 28.8 Å². The third-order valence-corrected chi connectivity index (χ3v) is 8.92. The fourth-order valence-electron chi connectivity index (χ4n) is 4.86. The molecule has 0 saturated carbocycles. The minimum atomic E-state index is -4.57. The zero-order chi connectivity index (χ0) is 37.2. The topological polar surface area (TPSA) is 108 Å². The highest BCUT2D eigenvalue weighted by Gasteiger charge is 2.24. The maximum Gasteiger partial charge on any atom is 0.268 e. The zero-order valence-corrected chi connectivity index (χ0v) is 33.2. The van der Waals surface area contributed by atoms with Crippen LogP contribution in [-0.2, 0) is 18.4 Å². The van der Waals surface area contributed by atoms with Gasteiger partial charge in [0.05, 0.1) is 39.9 Å². The monoisotopic (exact) mass is 721 g/mol. The lowest BCUT2D eigenvalue weighted by molar-refractivity contribution is -0.870. The van der Waals surface area contributed by atoms with Crippen LogP contribution in [0.4, 0.5) is 0 Å². The molecule has 8 nitrogen and oxygen atoms in total. The molecule has 0 aliphatic rings. The van der Waals surface area contributed by atoms with E-state index in [1.807, 2.05) is 21.1 Å². The molecule has 50 heavy (non-hydrogen) atoms. The first-order valence-corrected chi connectivity index (χ1v) is 20.7. The molecular formula is C41H73N2O6P. The fraction of sp³-hybridized carbons (Fsp3) is 0.683. The van der Waals surface area contributed by atoms with Crippen LogP contribution in [0.5, 0.6) is 0 Å². The molecule has 0 aliphatic heterocycles. The van der Waals surface area contributed by atoms with Gasteiger partial charge in [-0.3, -0.25) is 9.36 Å². The number of nitrogens with one attached hydrogen (secondary N) is 1. The summed E-state index contributed by atoms with van der Waals surface area (Å²) in [6, 6.07) is -0.824. The summed E-state index contributed by atoms with van der Waals surface area (Å²) in [5.41, 5.74) is 0. The Morgan fingerprint density at radius 2 is 1.22 bits per heavy atom. The number of carbonyl (C=O) groups is 1. The Hall–Kier alpha value is -2.06. The summed E-state index contributed by atoms with van der Waals surface area (Å²) >= 11 is 0. The van der Waals surface area contributed by atoms with Crippen molar-refractivity contribution >= 4 is 13.7 Å². The fourth-order valence-corrected chi connectivity index (χ4v) is 5.59. The van der Waals surface area contributed by atoms with Gasteiger partial charge in [0.1, 0.15) is 13.2 Å². The lowest BCUT2D eigenvalue weighted by Gasteiger charge is -2.30. The Balaban J connectivity index is 4.43. The Morgan fingerprint density at radius 3 is 1.74 bits per heavy atom. The molecule has 0 saturated heterocycles. The van der Waals surface area contributed by atoms with Crippen LogP contribution in [0.25, 0.3) is 0 Å². The second-order valence-corrected chi connectivity index (χ2v) is 15.3. The predicted octanol–water partition coefficient (Wildman–Crippen LogP) is 9.44. The molecular weight excluding hydrogens is 647 g/mol. The maximum atomic E-state index is 12.7. The largest absolute Gasteiger partial charge is 0.756 e. The number of hydrogen-bond donors (Lipinski definition) is 2. The highest BCUT2D eigenvalue weighted by molar-refractivity contribution is 7.45. The van der Waals surface area contributed by atoms with Gasteiger partial charge in [-0.2, -0.15) is 0 Å². The first-order valence-electron chi connectivity index (χ1n) is 19.3. The zero-order valence-electron chi connectivity index (χ0n) is 32.3. The lowest BCUT2D eigenvalue weighted by atomic mass is 10.0. The van der Waals surface area contributed by atoms with Gasteiger partial charge in [-0.15, -0.1) is 0 Å². The van der Waals surface area contributed by atoms with E-state index in [1.165, 1.54) is 25.7 Å². The normalized spacial score (nSPS) is 15.4. The third kappa shape index (κ3) is 34.4. The molecule has 0 fully saturated rings. The van der Waals surface area contributed by atoms with E-state index in [1.54, 1.807) is 0 Å². The summed E-state index contributed by atoms with van der Waals surface area (Å²) in [7, 11) is 1.25. The molecule has 3 atom stereocenters. The van der Waals surface area contributed by atoms with Crippen molar-refractivity contribution < 1.29 is 32.9 Å². The highest BCUT2D eigenvalue weighted by Crippen LogP contribution is 2.38. The average Bonchev–Trinajstić information content (AvgIpc) is 3.06. The van der Waals surface area contributed by atoms with Gasteiger partial charge in [0.2, 0.25) is 5.91 Å². The van der Waals surface area contributed by atoms with Crippen molar-refractivity contribution in [3.05, 3.63) is 72.9 Å². The predicted molar refractivity (Wildman–Crippen MR) is 210 cm³/mol. The summed E-state index contributed by atoms with van der Waals surface area (Å²) in [4.78, 5) is 25.1. The van der Waals surface area contributed by atoms with E-state index in [0.717, 1.165) is 70.6 Å². The van der Waals surface area contributed by atoms with Crippen molar-refractivity contribution in [2.45, 2.75) is 142 Å². The molecule has 288 valence electrons. The van der Waals surface area contributed by atoms with Crippen molar-refractivity contribution in [1.82, 2.24) is 5.32 Å². The number of nitrogens with zero attached hydrogens (tertiary/aromatic N) is 1. The van der Waals surface area contributed by atoms with Gasteiger partial charge in [-0.05, 0) is 64.2 Å². The Bertz CT molecular complexity index is 1040. The maximum absolute atomic E-state index is 12.7. The van der Waals surface area contributed by atoms with E-state index in [2.05, 4.69) is 92.1 Å². The summed E-state index contributed by atoms with van der Waals surface area (Å²) in [6.07, 6.45) is 42.1. The number of phosphoric acid groups is 1. The summed E-state index contributed by atoms with van der Waals surface area (Å²) < 4.78 is 23.0. The number of hydrogen-bond acceptors (Lipinski definition) is 6. The van der Waals surface area contributed by atoms with E-state index in [0.29, 0.717) is 30.3 Å². The van der Waals surface area contributed by atoms with Crippen LogP contribution in [0.15, 0.2) is 72.9 Å². The van der Waals surface area contributed by atoms with Crippen LogP contribution < -0.4 is 10.2 Å². The highest BCUT2D eigenvalue weighted by atomic mass is 31.2. The van der Waals surface area contributed by atoms with E-state index in [-0.39, 0.29) is 19.1 Å². The molecule has 3 unspecified atom stereocenters. The second kappa shape index (κ2) is 32.8. The van der Waals surface area contributed by atoms with Gasteiger partial charge in [0.25, 0.3) is 7.82 Å². The first-order chi connectivity index (χ1) is 24.0. The third-order valence-electron chi connectivity index (χ3n) is 7.96. The standard InChI is InChI=1S/C41H73N2O6P/c1-6-8-10-12-14-15-16-17-18-19-20-21-22-23-24-25-26-27-29-31-33-35-41(45)42-39(40(44)34-32-30-28-13-11-9-7-2)38-49-50(46,47)48-37-36-43(3,4)5/h8,10,14-15,17-18,20-21,23-24,26-27,39-40,44H,6-7,9,11-13,16,19,22,25,28-38H2,1-5H3,(H-,42,45,46,47)/b10-8-,15-14-,18-17-,21-20-,24-23-,27-26-. The number of allylic oxidation sites excluding steroid dienone is 12. The van der Waals surface area contributed by atoms with Crippen molar-refractivity contribution in [1.29, 1.82) is 0 Å². The summed E-state index contributed by atoms with van der Waals surface area (Å²) in [6.45, 7) is 4.48. The van der Waals surface area contributed by atoms with E-state index in [9.17, 15) is 19.4 Å². The van der Waals surface area contributed by atoms with Crippen LogP contribution in [0.2, 0.25) is 0 Å². The molecule has 0 bridgehead atoms. The van der Waals surface area contributed by atoms with Gasteiger partial charge in [0, 0.05) is 6.42 Å². The van der Waals surface area contributed by atoms with Gasteiger partial charge in [-0.1, -0.05) is 132 Å². The van der Waals surface area contributed by atoms with Crippen LogP contribution in [0, 0.1) is 0 Å². The van der Waals surface area contributed by atoms with E-state index < -0.39 is 20.0 Å². The molecule has 2 N–H and O–H groups in total. The number of phosphoric ester groups is 1. The molecule has 0 heterocycles. The number of amides is 1. The number of quaternary nitrogens is 1. The van der Waals surface area contributed by atoms with Gasteiger partial charge in [0.15, 0.2) is 0 Å². The number of carbonyl (C=O) groups excluding carboxylic acids is 1. The van der Waals surface area contributed by atoms with Gasteiger partial charge in [-0.25, -0.2) is 0 Å². The van der Waals surface area contributed by atoms with Crippen LogP contribution in [0.3, 0.4) is 0 Å². The minimum Gasteiger partial charge on any atom is -0.756 e. The average molecular weight is 721 g/mol. The van der Waals surface area contributed by atoms with Crippen molar-refractivity contribution in [2.24, 2.45) is 0 Å². The van der Waals surface area contributed by atoms with Crippen molar-refractivity contribution in [3.8, 4) is 0 Å². The summed E-state index contributed by atoms with van der Waals surface area (Å²) in [5, 5.41) is 13.7. The molecule has 0 aromatic heterocycles. The first kappa shape index (κ1) is 47.9. The number of rotatable bonds is 33. The smallest absolute Gasteiger partial charge is 0.268 e. The number of likely N-dealkylation sites (N-methyl/N-ethyl adjacent to an activating group) is 1. The molecule has 1 amide bonds. The molecule has 0 aromatic rings. The Labute approximate surface area is 306 Å². The molecule has 0 radical (unpaired) electrons. The number of aliphatic hydroxyl groups excluding tert-OH is 1. The molecule has 0 rings (SSSR count). The molecule has 0 aromatic carbocycles. The van der Waals surface area contributed by atoms with E-state index >= 15 is 0 Å². The molecule has 0 spiro atoms. The van der Waals surface area contributed by atoms with Crippen LogP contribution in [-0.4, -0.2) is 68.5 Å². The Kier molecular flexibility index (Phi) is 31.5. The minimum absolute atomic E-state index is 0.00134. The van der Waals surface area contributed by atoms with Crippen molar-refractivity contribution in [2.75, 3.05) is 40.9 Å². The second-order valence-electron chi connectivity index (χ2n) is 13.9. The lowest BCUT2D eigenvalue weighted by Crippen LogP contribution is -2.46. The quantitative estimate of drug-likeness (QED) is 0.0303. The van der Waals surface area contributed by atoms with E-state index in [4.69, 9.17) is 9.05 Å². The van der Waals surface area contributed by atoms with Crippen molar-refractivity contribution in [3.63, 3.8) is 0 Å². The number of unbranched alkanes of at least 4 members (excludes halogenated alkanes) is 8. The summed E-state index contributed by atoms with van der Waals surface area (Å²) in [5.74, 6) is -0.216. The van der Waals surface area contributed by atoms with Gasteiger partial charge >= 0.3 is 0 Å². The Morgan fingerprint density at radius 1 is 0.720 bits per heavy atom. The SMILES string of the molecule is CC/C=C\C/C=C\C/C=C\C/C=C\C/C=C\C/C=C\CCCCC(=O)NC(COP(=O)([O-])OCC[N+](C)(C)C)C(O)CCCCCCCCC. The molecule has 9 heteroatoms. The van der Waals surface area contributed by atoms with Crippen LogP contribution in [0.1, 0.15) is 129 Å². The van der Waals surface area contributed by atoms with Crippen LogP contribution >= 0.6 is 7.82 Å². The number of aliphatic hydroxyl groups is 1. The molecule has 0 aliphatic carbocycles.